The van der Waals surface area contributed by atoms with Crippen LogP contribution in [0.4, 0.5) is 0 Å². The van der Waals surface area contributed by atoms with E-state index in [1.54, 1.807) is 20.8 Å². The van der Waals surface area contributed by atoms with Crippen LogP contribution in [0, 0.1) is 151 Å². The zero-order valence-electron chi connectivity index (χ0n) is 92.5. The quantitative estimate of drug-likeness (QED) is 0.0246. The summed E-state index contributed by atoms with van der Waals surface area (Å²) < 4.78 is 67.3. The van der Waals surface area contributed by atoms with Crippen LogP contribution in [0.15, 0.2) is 0 Å². The van der Waals surface area contributed by atoms with Crippen LogP contribution in [0.1, 0.15) is 444 Å². The van der Waals surface area contributed by atoms with E-state index in [2.05, 4.69) is 34.6 Å². The lowest BCUT2D eigenvalue weighted by molar-refractivity contribution is -0.221. The van der Waals surface area contributed by atoms with Crippen molar-refractivity contribution in [1.29, 1.82) is 0 Å². The molecule has 0 spiro atoms. The number of carbonyl (C=O) groups excluding carboxylic acids is 12. The molecule has 141 heavy (non-hydrogen) atoms. The summed E-state index contributed by atoms with van der Waals surface area (Å²) in [4.78, 5) is 147. The second-order valence-electron chi connectivity index (χ2n) is 52.3. The van der Waals surface area contributed by atoms with Crippen molar-refractivity contribution in [3.63, 3.8) is 0 Å². The van der Waals surface area contributed by atoms with E-state index in [9.17, 15) is 57.5 Å². The SMILES string of the molecule is CCC(C)(C)C(=O)OC(C)(C)C(=O)OC1(C)C2CC3CC(C2)CC1C3.CCC(C)(C)C(=O)OC(C)C(=O)OC1(C)C2CC3CC(C2)CC1C3.CCC(C)(C)C(=O)OCC(=O)OC1(CC)CC2CC1C1C3CCC(C3)C21.CCC(C)(C)C(=O)OCC(=O)OC1(CC)CC2CCC1C2.CCC(C)(C)C(=O)OCCCC(=O)OC1(C)C2CC3CC(C2)CC1C3.CCC1(OC(=O)COC(=O)C(C)(C)CC)CCCCC1. The molecule has 0 aromatic carbocycles. The fourth-order valence-corrected chi connectivity index (χ4v) is 28.8. The van der Waals surface area contributed by atoms with E-state index in [1.165, 1.54) is 141 Å². The lowest BCUT2D eigenvalue weighted by Gasteiger charge is -2.59. The predicted molar refractivity (Wildman–Crippen MR) is 538 cm³/mol. The lowest BCUT2D eigenvalue weighted by atomic mass is 9.50. The molecule has 0 amide bonds. The highest BCUT2D eigenvalue weighted by molar-refractivity contribution is 5.86. The Labute approximate surface area is 847 Å². The van der Waals surface area contributed by atoms with Crippen LogP contribution < -0.4 is 0 Å². The van der Waals surface area contributed by atoms with Gasteiger partial charge in [0.05, 0.1) is 39.1 Å². The summed E-state index contributed by atoms with van der Waals surface area (Å²) in [5.74, 6) is 10.1. The Kier molecular flexibility index (Phi) is 37.3. The normalized spacial score (nSPS) is 34.7. The molecule has 24 heteroatoms. The Balaban J connectivity index is 0.000000162. The minimum absolute atomic E-state index is 0.124. The smallest absolute Gasteiger partial charge is 0.350 e. The molecule has 0 aromatic heterocycles. The van der Waals surface area contributed by atoms with Crippen molar-refractivity contribution >= 4 is 71.6 Å². The van der Waals surface area contributed by atoms with Gasteiger partial charge in [0.25, 0.3) is 0 Å². The molecule has 0 saturated heterocycles. The number of esters is 12. The van der Waals surface area contributed by atoms with Crippen molar-refractivity contribution in [1.82, 2.24) is 0 Å². The summed E-state index contributed by atoms with van der Waals surface area (Å²) in [6, 6.07) is 0. The molecule has 11 unspecified atom stereocenters. The molecule has 19 fully saturated rings. The standard InChI is InChI=1S/C22H34O4.2C21H34O4.C20H32O4.C17H28O4.C16H28O4/c1-5-21(3,4)20(24)25-12-17(23)26-22(6-2)11-15-10-16(22)19-14-8-7-13(9-14)18(15)19;1-7-19(2,3)17(22)24-20(4,5)18(23)25-21(6)15-9-13-8-14(11-15)12-16(21)10-13;1-5-20(2,3)19(23)24-8-6-7-18(22)25-21(4)16-10-14-9-15(12-16)13-17(21)11-14;1-6-19(3,4)18(22)23-12(2)17(21)24-20(5)15-8-13-7-14(10-15)11-16(20)9-13;1-5-16(3,4)15(19)20-11-14(18)21-17(6-2)10-12-7-8-13(17)9-12;1-5-15(3,4)14(18)19-12-13(17)20-16(6-2)10-8-7-9-11-16/h13-16,18-19H,5-12H2,1-4H3;13-16H,7-12H2,1-6H3;14-17H,5-13H2,1-4H3;12-16H,6-11H2,1-5H3;12-13H,5-11H2,1-4H3;5-12H2,1-4H3. The number of hydrogen-bond acceptors (Lipinski definition) is 24. The topological polar surface area (TPSA) is 316 Å². The maximum Gasteiger partial charge on any atom is 0.350 e. The van der Waals surface area contributed by atoms with Crippen molar-refractivity contribution < 1.29 is 114 Å². The third-order valence-corrected chi connectivity index (χ3v) is 40.4. The fraction of sp³-hybridized carbons (Fsp3) is 0.897. The number of rotatable bonds is 35. The Morgan fingerprint density at radius 1 is 0.312 bits per heavy atom. The molecule has 802 valence electrons. The van der Waals surface area contributed by atoms with E-state index in [0.717, 1.165) is 136 Å². The Morgan fingerprint density at radius 2 is 0.674 bits per heavy atom. The highest BCUT2D eigenvalue weighted by Crippen LogP contribution is 2.72. The van der Waals surface area contributed by atoms with Gasteiger partial charge in [0.15, 0.2) is 25.9 Å². The largest absolute Gasteiger partial charge is 0.465 e. The van der Waals surface area contributed by atoms with Gasteiger partial charge in [-0.1, -0.05) is 68.7 Å². The monoisotopic (exact) mass is 1980 g/mol. The Hall–Kier alpha value is -6.36. The summed E-state index contributed by atoms with van der Waals surface area (Å²) >= 11 is 0. The predicted octanol–water partition coefficient (Wildman–Crippen LogP) is 24.6. The van der Waals surface area contributed by atoms with Gasteiger partial charge >= 0.3 is 71.6 Å². The first-order valence-corrected chi connectivity index (χ1v) is 56.3. The van der Waals surface area contributed by atoms with Crippen LogP contribution in [0.5, 0.6) is 0 Å². The molecule has 0 aromatic rings. The van der Waals surface area contributed by atoms with E-state index in [1.807, 2.05) is 132 Å². The molecule has 0 heterocycles. The van der Waals surface area contributed by atoms with Crippen molar-refractivity contribution in [3.8, 4) is 0 Å². The van der Waals surface area contributed by atoms with Gasteiger partial charge in [0.2, 0.25) is 5.60 Å². The summed E-state index contributed by atoms with van der Waals surface area (Å²) in [5.41, 5.74) is -6.46. The van der Waals surface area contributed by atoms with Crippen molar-refractivity contribution in [2.75, 3.05) is 26.4 Å². The van der Waals surface area contributed by atoms with Gasteiger partial charge in [-0.05, 0) is 481 Å². The second kappa shape index (κ2) is 45.8. The minimum atomic E-state index is -1.25. The summed E-state index contributed by atoms with van der Waals surface area (Å²) in [6.45, 7) is 50.9. The molecular weight excluding hydrogens is 1790 g/mol. The molecule has 11 atom stereocenters. The maximum atomic E-state index is 12.9. The molecule has 24 nitrogen and oxygen atoms in total. The van der Waals surface area contributed by atoms with Gasteiger partial charge in [-0.3, -0.25) is 33.6 Å². The third-order valence-electron chi connectivity index (χ3n) is 40.4. The third kappa shape index (κ3) is 26.1. The van der Waals surface area contributed by atoms with E-state index in [-0.39, 0.29) is 102 Å². The Morgan fingerprint density at radius 3 is 1.06 bits per heavy atom. The van der Waals surface area contributed by atoms with Crippen molar-refractivity contribution in [2.45, 2.75) is 489 Å². The molecule has 0 N–H and O–H groups in total. The first-order chi connectivity index (χ1) is 65.9. The van der Waals surface area contributed by atoms with Gasteiger partial charge in [-0.15, -0.1) is 0 Å². The maximum absolute atomic E-state index is 12.9. The fourth-order valence-electron chi connectivity index (χ4n) is 28.8. The molecule has 19 rings (SSSR count). The molecule has 0 radical (unpaired) electrons. The van der Waals surface area contributed by atoms with Crippen LogP contribution in [0.2, 0.25) is 0 Å². The zero-order chi connectivity index (χ0) is 104. The Bertz CT molecular complexity index is 4260. The van der Waals surface area contributed by atoms with E-state index < -0.39 is 67.7 Å². The number of carbonyl (C=O) groups is 12. The van der Waals surface area contributed by atoms with Gasteiger partial charge in [-0.25, -0.2) is 24.0 Å². The highest BCUT2D eigenvalue weighted by atomic mass is 16.6. The summed E-state index contributed by atoms with van der Waals surface area (Å²) in [6.07, 6.45) is 41.7. The second-order valence-corrected chi connectivity index (χ2v) is 52.3. The van der Waals surface area contributed by atoms with E-state index >= 15 is 0 Å². The minimum Gasteiger partial charge on any atom is -0.465 e. The van der Waals surface area contributed by atoms with Gasteiger partial charge in [0.1, 0.15) is 33.6 Å². The van der Waals surface area contributed by atoms with Gasteiger partial charge in [-0.2, -0.15) is 0 Å². The first kappa shape index (κ1) is 115. The number of ether oxygens (including phenoxy) is 12. The zero-order valence-corrected chi connectivity index (χ0v) is 92.5. The van der Waals surface area contributed by atoms with Gasteiger partial charge in [0, 0.05) is 12.3 Å². The van der Waals surface area contributed by atoms with Gasteiger partial charge < -0.3 is 56.8 Å². The number of fused-ring (bicyclic) bond motifs is 11. The van der Waals surface area contributed by atoms with Crippen molar-refractivity contribution in [2.24, 2.45) is 151 Å². The van der Waals surface area contributed by atoms with E-state index in [0.29, 0.717) is 105 Å². The molecule has 19 saturated carbocycles. The first-order valence-electron chi connectivity index (χ1n) is 56.3. The lowest BCUT2D eigenvalue weighted by Crippen LogP contribution is -2.59. The van der Waals surface area contributed by atoms with Crippen LogP contribution in [0.25, 0.3) is 0 Å². The summed E-state index contributed by atoms with van der Waals surface area (Å²) in [7, 11) is 0. The average Bonchev–Trinajstić information content (AvgIpc) is 1.54. The van der Waals surface area contributed by atoms with E-state index in [4.69, 9.17) is 56.8 Å². The molecule has 18 bridgehead atoms. The highest BCUT2D eigenvalue weighted by Gasteiger charge is 2.69. The van der Waals surface area contributed by atoms with Crippen LogP contribution in [-0.4, -0.2) is 143 Å². The van der Waals surface area contributed by atoms with Crippen molar-refractivity contribution in [3.05, 3.63) is 0 Å². The summed E-state index contributed by atoms with van der Waals surface area (Å²) in [5, 5.41) is 0. The molecular formula is C117H190O24. The molecule has 0 aliphatic heterocycles. The number of hydrogen-bond donors (Lipinski definition) is 0. The molecule has 19 aliphatic rings. The van der Waals surface area contributed by atoms with Crippen LogP contribution >= 0.6 is 0 Å². The molecule has 19 aliphatic carbocycles. The van der Waals surface area contributed by atoms with Crippen LogP contribution in [-0.2, 0) is 114 Å². The average molecular weight is 1980 g/mol. The van der Waals surface area contributed by atoms with Crippen LogP contribution in [0.3, 0.4) is 0 Å².